The maximum atomic E-state index is 6.18. The number of benzene rings is 7. The third-order valence-corrected chi connectivity index (χ3v) is 8.75. The van der Waals surface area contributed by atoms with Crippen molar-refractivity contribution in [2.24, 2.45) is 0 Å². The van der Waals surface area contributed by atoms with Gasteiger partial charge < -0.3 is 4.42 Å². The van der Waals surface area contributed by atoms with Crippen LogP contribution >= 0.6 is 0 Å². The topological polar surface area (TPSA) is 64.7 Å². The van der Waals surface area contributed by atoms with Gasteiger partial charge >= 0.3 is 0 Å². The van der Waals surface area contributed by atoms with Crippen LogP contribution in [0.25, 0.3) is 89.7 Å². The van der Waals surface area contributed by atoms with Gasteiger partial charge in [0.2, 0.25) is 5.89 Å². The lowest BCUT2D eigenvalue weighted by Crippen LogP contribution is -2.00. The Labute approximate surface area is 283 Å². The van der Waals surface area contributed by atoms with Crippen LogP contribution in [0.5, 0.6) is 0 Å². The van der Waals surface area contributed by atoms with Crippen LogP contribution in [0, 0.1) is 0 Å². The summed E-state index contributed by atoms with van der Waals surface area (Å²) in [5.41, 5.74) is 9.71. The molecule has 0 unspecified atom stereocenters. The molecule has 5 heteroatoms. The fraction of sp³-hybridized carbons (Fsp3) is 0. The van der Waals surface area contributed by atoms with Gasteiger partial charge in [-0.3, -0.25) is 0 Å². The van der Waals surface area contributed by atoms with Crippen LogP contribution in [-0.4, -0.2) is 19.9 Å². The van der Waals surface area contributed by atoms with Gasteiger partial charge in [0.15, 0.2) is 23.1 Å². The van der Waals surface area contributed by atoms with E-state index in [4.69, 9.17) is 24.4 Å². The molecule has 0 N–H and O–H groups in total. The Balaban J connectivity index is 1.15. The number of hydrogen-bond donors (Lipinski definition) is 0. The van der Waals surface area contributed by atoms with Gasteiger partial charge in [0.1, 0.15) is 5.52 Å². The minimum absolute atomic E-state index is 0.614. The zero-order chi connectivity index (χ0) is 32.6. The molecule has 0 saturated carbocycles. The smallest absolute Gasteiger partial charge is 0.227 e. The molecule has 0 aliphatic rings. The summed E-state index contributed by atoms with van der Waals surface area (Å²) in [6, 6.07) is 57.7. The summed E-state index contributed by atoms with van der Waals surface area (Å²) in [6.07, 6.45) is 0. The first-order valence-electron chi connectivity index (χ1n) is 16.2. The van der Waals surface area contributed by atoms with Gasteiger partial charge in [-0.25, -0.2) is 19.9 Å². The highest BCUT2D eigenvalue weighted by Gasteiger charge is 2.15. The molecule has 0 bridgehead atoms. The Kier molecular flexibility index (Phi) is 7.06. The van der Waals surface area contributed by atoms with Crippen LogP contribution in [0.15, 0.2) is 174 Å². The molecular weight excluding hydrogens is 601 g/mol. The van der Waals surface area contributed by atoms with Crippen LogP contribution in [0.2, 0.25) is 0 Å². The van der Waals surface area contributed by atoms with Crippen molar-refractivity contribution < 1.29 is 4.42 Å². The fourth-order valence-electron chi connectivity index (χ4n) is 6.25. The predicted octanol–water partition coefficient (Wildman–Crippen LogP) is 11.2. The summed E-state index contributed by atoms with van der Waals surface area (Å²) in [7, 11) is 0. The highest BCUT2D eigenvalue weighted by atomic mass is 16.3. The molecule has 0 aliphatic heterocycles. The molecule has 49 heavy (non-hydrogen) atoms. The SMILES string of the molecule is c1ccc(-c2cccc(-c3nc(-c4ccccc4)nc(-c4cccc(-c5ccc6ccc7oc(-c8ccccc8)nc7c6c5)c4)n3)c2)cc1. The molecule has 230 valence electrons. The van der Waals surface area contributed by atoms with Crippen molar-refractivity contribution >= 4 is 21.9 Å². The molecule has 0 amide bonds. The molecule has 0 atom stereocenters. The minimum Gasteiger partial charge on any atom is -0.436 e. The van der Waals surface area contributed by atoms with E-state index in [0.29, 0.717) is 23.4 Å². The Morgan fingerprint density at radius 3 is 1.43 bits per heavy atom. The van der Waals surface area contributed by atoms with E-state index in [0.717, 1.165) is 66.4 Å². The second-order valence-corrected chi connectivity index (χ2v) is 11.9. The molecular formula is C44H28N4O. The summed E-state index contributed by atoms with van der Waals surface area (Å²) in [5.74, 6) is 2.48. The van der Waals surface area contributed by atoms with Gasteiger partial charge in [-0.1, -0.05) is 133 Å². The third kappa shape index (κ3) is 5.53. The highest BCUT2D eigenvalue weighted by molar-refractivity contribution is 6.05. The molecule has 9 rings (SSSR count). The summed E-state index contributed by atoms with van der Waals surface area (Å²) >= 11 is 0. The second-order valence-electron chi connectivity index (χ2n) is 11.9. The molecule has 0 fully saturated rings. The van der Waals surface area contributed by atoms with Crippen LogP contribution in [0.3, 0.4) is 0 Å². The normalized spacial score (nSPS) is 11.3. The van der Waals surface area contributed by atoms with Crippen LogP contribution in [0.1, 0.15) is 0 Å². The third-order valence-electron chi connectivity index (χ3n) is 8.75. The fourth-order valence-corrected chi connectivity index (χ4v) is 6.25. The first-order chi connectivity index (χ1) is 24.2. The predicted molar refractivity (Wildman–Crippen MR) is 198 cm³/mol. The minimum atomic E-state index is 0.614. The maximum absolute atomic E-state index is 6.18. The maximum Gasteiger partial charge on any atom is 0.227 e. The van der Waals surface area contributed by atoms with Crippen molar-refractivity contribution in [2.45, 2.75) is 0 Å². The number of nitrogens with zero attached hydrogens (tertiary/aromatic N) is 4. The monoisotopic (exact) mass is 628 g/mol. The number of hydrogen-bond acceptors (Lipinski definition) is 5. The molecule has 7 aromatic carbocycles. The summed E-state index contributed by atoms with van der Waals surface area (Å²) in [4.78, 5) is 19.9. The largest absolute Gasteiger partial charge is 0.436 e. The van der Waals surface area contributed by atoms with Gasteiger partial charge in [0.25, 0.3) is 0 Å². The number of oxazole rings is 1. The molecule has 2 aromatic heterocycles. The summed E-state index contributed by atoms with van der Waals surface area (Å²) < 4.78 is 6.18. The summed E-state index contributed by atoms with van der Waals surface area (Å²) in [6.45, 7) is 0. The molecule has 0 radical (unpaired) electrons. The first-order valence-corrected chi connectivity index (χ1v) is 16.2. The van der Waals surface area contributed by atoms with Gasteiger partial charge in [-0.2, -0.15) is 0 Å². The van der Waals surface area contributed by atoms with E-state index in [-0.39, 0.29) is 0 Å². The quantitative estimate of drug-likeness (QED) is 0.183. The lowest BCUT2D eigenvalue weighted by atomic mass is 9.99. The van der Waals surface area contributed by atoms with Gasteiger partial charge in [-0.15, -0.1) is 0 Å². The lowest BCUT2D eigenvalue weighted by molar-refractivity contribution is 0.620. The van der Waals surface area contributed by atoms with E-state index in [2.05, 4.69) is 97.1 Å². The van der Waals surface area contributed by atoms with Gasteiger partial charge in [0, 0.05) is 27.6 Å². The first kappa shape index (κ1) is 28.5. The van der Waals surface area contributed by atoms with E-state index in [1.54, 1.807) is 0 Å². The van der Waals surface area contributed by atoms with Crippen LogP contribution in [-0.2, 0) is 0 Å². The average molecular weight is 629 g/mol. The molecule has 0 aliphatic carbocycles. The van der Waals surface area contributed by atoms with Crippen molar-refractivity contribution in [3.8, 4) is 67.9 Å². The molecule has 5 nitrogen and oxygen atoms in total. The van der Waals surface area contributed by atoms with E-state index in [1.165, 1.54) is 0 Å². The Bertz CT molecular complexity index is 2600. The number of rotatable bonds is 6. The highest BCUT2D eigenvalue weighted by Crippen LogP contribution is 2.34. The van der Waals surface area contributed by atoms with Crippen molar-refractivity contribution in [1.82, 2.24) is 19.9 Å². The molecule has 2 heterocycles. The van der Waals surface area contributed by atoms with E-state index < -0.39 is 0 Å². The zero-order valence-electron chi connectivity index (χ0n) is 26.4. The van der Waals surface area contributed by atoms with E-state index >= 15 is 0 Å². The standard InChI is InChI=1S/C44H28N4O/c1-4-12-29(13-5-1)33-18-10-20-36(26-33)42-46-41(31-14-6-2-7-15-31)47-43(48-42)37-21-11-19-34(27-37)35-23-22-30-24-25-39-40(38(30)28-35)45-44(49-39)32-16-8-3-9-17-32/h1-28H. The van der Waals surface area contributed by atoms with Crippen molar-refractivity contribution in [3.05, 3.63) is 170 Å². The van der Waals surface area contributed by atoms with Crippen molar-refractivity contribution in [3.63, 3.8) is 0 Å². The average Bonchev–Trinajstić information content (AvgIpc) is 3.64. The zero-order valence-corrected chi connectivity index (χ0v) is 26.4. The Morgan fingerprint density at radius 2 is 0.796 bits per heavy atom. The number of fused-ring (bicyclic) bond motifs is 3. The molecule has 0 saturated heterocycles. The van der Waals surface area contributed by atoms with Crippen molar-refractivity contribution in [2.75, 3.05) is 0 Å². The Morgan fingerprint density at radius 1 is 0.327 bits per heavy atom. The molecule has 9 aromatic rings. The summed E-state index contributed by atoms with van der Waals surface area (Å²) in [5, 5.41) is 2.14. The number of aromatic nitrogens is 4. The van der Waals surface area contributed by atoms with Gasteiger partial charge in [-0.05, 0) is 64.0 Å². The lowest BCUT2D eigenvalue weighted by Gasteiger charge is -2.11. The van der Waals surface area contributed by atoms with Gasteiger partial charge in [0.05, 0.1) is 0 Å². The molecule has 0 spiro atoms. The van der Waals surface area contributed by atoms with Crippen molar-refractivity contribution in [1.29, 1.82) is 0 Å². The second kappa shape index (κ2) is 12.1. The Hall–Kier alpha value is -6.72. The van der Waals surface area contributed by atoms with Crippen LogP contribution in [0.4, 0.5) is 0 Å². The van der Waals surface area contributed by atoms with E-state index in [9.17, 15) is 0 Å². The van der Waals surface area contributed by atoms with E-state index in [1.807, 2.05) is 72.8 Å². The van der Waals surface area contributed by atoms with Crippen LogP contribution < -0.4 is 0 Å².